The maximum Gasteiger partial charge on any atom is 0.242 e. The number of benzene rings is 1. The Morgan fingerprint density at radius 2 is 1.79 bits per heavy atom. The smallest absolute Gasteiger partial charge is 0.242 e. The number of hydrogen-bond donors (Lipinski definition) is 0. The topological polar surface area (TPSA) is 45.6 Å². The quantitative estimate of drug-likeness (QED) is 0.441. The minimum Gasteiger partial charge on any atom is -0.345 e. The van der Waals surface area contributed by atoms with Gasteiger partial charge < -0.3 is 14.4 Å². The molecule has 0 fully saturated rings. The van der Waals surface area contributed by atoms with E-state index in [-0.39, 0.29) is 29.8 Å². The van der Waals surface area contributed by atoms with Crippen molar-refractivity contribution in [2.45, 2.75) is 86.9 Å². The molecule has 5 nitrogen and oxygen atoms in total. The van der Waals surface area contributed by atoms with Crippen molar-refractivity contribution in [3.8, 4) is 0 Å². The molecule has 0 spiro atoms. The van der Waals surface area contributed by atoms with Gasteiger partial charge in [-0.2, -0.15) is 0 Å². The van der Waals surface area contributed by atoms with E-state index in [0.717, 1.165) is 25.1 Å². The van der Waals surface area contributed by atoms with E-state index in [4.69, 9.17) is 0 Å². The van der Waals surface area contributed by atoms with Gasteiger partial charge in [0.1, 0.15) is 0 Å². The molecule has 0 radical (unpaired) electrons. The van der Waals surface area contributed by atoms with Gasteiger partial charge >= 0.3 is 0 Å². The highest BCUT2D eigenvalue weighted by Gasteiger charge is 2.27. The van der Waals surface area contributed by atoms with Gasteiger partial charge in [-0.25, -0.2) is 0 Å². The van der Waals surface area contributed by atoms with Crippen LogP contribution in [0.3, 0.4) is 0 Å². The molecular formula is C28H43N3O2. The number of nitrogens with zero attached hydrogens (tertiary/aromatic N) is 3. The molecule has 33 heavy (non-hydrogen) atoms. The fourth-order valence-electron chi connectivity index (χ4n) is 3.95. The average Bonchev–Trinajstić information content (AvgIpc) is 3.14. The molecule has 0 aliphatic heterocycles. The normalized spacial score (nSPS) is 11.6. The Hall–Kier alpha value is -2.56. The van der Waals surface area contributed by atoms with Gasteiger partial charge in [-0.15, -0.1) is 0 Å². The Bertz CT molecular complexity index is 908. The van der Waals surface area contributed by atoms with E-state index in [9.17, 15) is 9.59 Å². The molecule has 2 rings (SSSR count). The highest BCUT2D eigenvalue weighted by Crippen LogP contribution is 2.21. The summed E-state index contributed by atoms with van der Waals surface area (Å²) in [5.74, 6) is 0.0619. The van der Waals surface area contributed by atoms with Crippen LogP contribution in [0.5, 0.6) is 0 Å². The number of aromatic nitrogens is 1. The van der Waals surface area contributed by atoms with Crippen LogP contribution in [-0.2, 0) is 22.7 Å². The number of rotatable bonds is 11. The van der Waals surface area contributed by atoms with E-state index < -0.39 is 0 Å². The van der Waals surface area contributed by atoms with Crippen LogP contribution in [0.25, 0.3) is 0 Å². The summed E-state index contributed by atoms with van der Waals surface area (Å²) in [6.07, 6.45) is 4.48. The molecule has 0 saturated carbocycles. The second-order valence-electron chi connectivity index (χ2n) is 10.6. The monoisotopic (exact) mass is 453 g/mol. The van der Waals surface area contributed by atoms with Gasteiger partial charge in [0, 0.05) is 37.4 Å². The summed E-state index contributed by atoms with van der Waals surface area (Å²) in [6, 6.07) is 12.6. The summed E-state index contributed by atoms with van der Waals surface area (Å²) in [5.41, 5.74) is 3.50. The number of carbonyl (C=O) groups excluding carboxylic acids is 2. The molecule has 182 valence electrons. The predicted octanol–water partition coefficient (Wildman–Crippen LogP) is 5.65. The van der Waals surface area contributed by atoms with Gasteiger partial charge in [0.05, 0.1) is 13.1 Å². The van der Waals surface area contributed by atoms with Gasteiger partial charge in [0.25, 0.3) is 0 Å². The Balaban J connectivity index is 2.16. The molecule has 0 bridgehead atoms. The third-order valence-electron chi connectivity index (χ3n) is 5.78. The van der Waals surface area contributed by atoms with Crippen molar-refractivity contribution in [1.82, 2.24) is 14.4 Å². The van der Waals surface area contributed by atoms with Gasteiger partial charge in [0.15, 0.2) is 0 Å². The van der Waals surface area contributed by atoms with Crippen molar-refractivity contribution in [2.24, 2.45) is 5.41 Å². The first-order chi connectivity index (χ1) is 15.5. The van der Waals surface area contributed by atoms with Gasteiger partial charge in [0.2, 0.25) is 11.8 Å². The Morgan fingerprint density at radius 3 is 2.39 bits per heavy atom. The van der Waals surface area contributed by atoms with E-state index in [1.54, 1.807) is 4.90 Å². The maximum atomic E-state index is 13.4. The Morgan fingerprint density at radius 1 is 1.06 bits per heavy atom. The van der Waals surface area contributed by atoms with Crippen molar-refractivity contribution >= 4 is 11.8 Å². The average molecular weight is 454 g/mol. The molecule has 0 saturated heterocycles. The van der Waals surface area contributed by atoms with E-state index in [1.165, 1.54) is 11.1 Å². The van der Waals surface area contributed by atoms with Crippen LogP contribution in [0, 0.1) is 12.3 Å². The first-order valence-corrected chi connectivity index (χ1v) is 12.3. The van der Waals surface area contributed by atoms with Crippen LogP contribution in [-0.4, -0.2) is 45.3 Å². The predicted molar refractivity (Wildman–Crippen MR) is 136 cm³/mol. The lowest BCUT2D eigenvalue weighted by Crippen LogP contribution is -2.46. The first-order valence-electron chi connectivity index (χ1n) is 12.3. The third kappa shape index (κ3) is 8.71. The summed E-state index contributed by atoms with van der Waals surface area (Å²) >= 11 is 0. The first kappa shape index (κ1) is 26.7. The summed E-state index contributed by atoms with van der Waals surface area (Å²) in [6.45, 7) is 16.5. The third-order valence-corrected chi connectivity index (χ3v) is 5.78. The fraction of sp³-hybridized carbons (Fsp3) is 0.571. The van der Waals surface area contributed by atoms with E-state index in [0.29, 0.717) is 19.5 Å². The fourth-order valence-corrected chi connectivity index (χ4v) is 3.95. The molecule has 5 heteroatoms. The van der Waals surface area contributed by atoms with Crippen molar-refractivity contribution < 1.29 is 9.59 Å². The summed E-state index contributed by atoms with van der Waals surface area (Å²) in [5, 5.41) is 0. The Labute approximate surface area is 200 Å². The van der Waals surface area contributed by atoms with Gasteiger partial charge in [-0.3, -0.25) is 9.59 Å². The molecular weight excluding hydrogens is 410 g/mol. The zero-order valence-corrected chi connectivity index (χ0v) is 21.7. The van der Waals surface area contributed by atoms with Crippen LogP contribution in [0.15, 0.2) is 42.6 Å². The lowest BCUT2D eigenvalue weighted by atomic mass is 9.91. The second kappa shape index (κ2) is 12.1. The van der Waals surface area contributed by atoms with Gasteiger partial charge in [-0.1, -0.05) is 63.9 Å². The molecule has 0 N–H and O–H groups in total. The maximum absolute atomic E-state index is 13.4. The highest BCUT2D eigenvalue weighted by atomic mass is 16.2. The number of carbonyl (C=O) groups is 2. The SMILES string of the molecule is CCCCN(Cc1cccn1Cc1cccc(C)c1)C(=O)CN(C(=O)CC(C)(C)C)C(C)C. The molecule has 0 atom stereocenters. The molecule has 0 unspecified atom stereocenters. The number of unbranched alkanes of at least 4 members (excludes halogenated alkanes) is 1. The van der Waals surface area contributed by atoms with Crippen LogP contribution in [0.2, 0.25) is 0 Å². The number of amides is 2. The molecule has 1 aromatic carbocycles. The Kier molecular flexibility index (Phi) is 9.75. The zero-order chi connectivity index (χ0) is 24.6. The largest absolute Gasteiger partial charge is 0.345 e. The minimum atomic E-state index is -0.105. The summed E-state index contributed by atoms with van der Waals surface area (Å²) in [7, 11) is 0. The van der Waals surface area contributed by atoms with Crippen molar-refractivity contribution in [1.29, 1.82) is 0 Å². The van der Waals surface area contributed by atoms with Crippen molar-refractivity contribution in [3.63, 3.8) is 0 Å². The number of hydrogen-bond acceptors (Lipinski definition) is 2. The second-order valence-corrected chi connectivity index (χ2v) is 10.6. The zero-order valence-electron chi connectivity index (χ0n) is 21.7. The lowest BCUT2D eigenvalue weighted by molar-refractivity contribution is -0.143. The van der Waals surface area contributed by atoms with Gasteiger partial charge in [-0.05, 0) is 50.3 Å². The molecule has 2 aromatic rings. The van der Waals surface area contributed by atoms with E-state index in [2.05, 4.69) is 75.7 Å². The molecule has 2 amide bonds. The molecule has 0 aliphatic carbocycles. The standard InChI is InChI=1S/C28H43N3O2/c1-8-9-15-30(27(33)21-31(22(2)3)26(32)18-28(5,6)7)20-25-14-11-16-29(25)19-24-13-10-12-23(4)17-24/h10-14,16-17,22H,8-9,15,18-21H2,1-7H3. The van der Waals surface area contributed by atoms with Crippen LogP contribution < -0.4 is 0 Å². The van der Waals surface area contributed by atoms with E-state index in [1.807, 2.05) is 24.8 Å². The highest BCUT2D eigenvalue weighted by molar-refractivity contribution is 5.85. The van der Waals surface area contributed by atoms with Crippen molar-refractivity contribution in [2.75, 3.05) is 13.1 Å². The molecule has 0 aliphatic rings. The molecule has 1 aromatic heterocycles. The summed E-state index contributed by atoms with van der Waals surface area (Å²) < 4.78 is 2.21. The van der Waals surface area contributed by atoms with Crippen molar-refractivity contribution in [3.05, 3.63) is 59.4 Å². The van der Waals surface area contributed by atoms with Crippen LogP contribution in [0.4, 0.5) is 0 Å². The minimum absolute atomic E-state index is 0.0120. The molecule has 1 heterocycles. The van der Waals surface area contributed by atoms with E-state index >= 15 is 0 Å². The van der Waals surface area contributed by atoms with Crippen LogP contribution >= 0.6 is 0 Å². The van der Waals surface area contributed by atoms with Crippen LogP contribution in [0.1, 0.15) is 77.6 Å². The number of aryl methyl sites for hydroxylation is 1. The lowest BCUT2D eigenvalue weighted by Gasteiger charge is -2.32. The summed E-state index contributed by atoms with van der Waals surface area (Å²) in [4.78, 5) is 30.0.